The van der Waals surface area contributed by atoms with Crippen LogP contribution in [0.5, 0.6) is 0 Å². The standard InChI is InChI=1S/C13H9BrCl2N2O/c14-10-3-1-7(15)5-12(10)18-13(19)9-6-8(17)2-4-11(9)16/h1-6H,17H2,(H,18,19). The van der Waals surface area contributed by atoms with Crippen LogP contribution in [0, 0.1) is 0 Å². The predicted molar refractivity (Wildman–Crippen MR) is 83.0 cm³/mol. The Morgan fingerprint density at radius 3 is 2.63 bits per heavy atom. The van der Waals surface area contributed by atoms with Crippen LogP contribution in [0.1, 0.15) is 10.4 Å². The fourth-order valence-corrected chi connectivity index (χ4v) is 2.22. The SMILES string of the molecule is Nc1ccc(Cl)c(C(=O)Nc2cc(Cl)ccc2Br)c1. The van der Waals surface area contributed by atoms with Gasteiger partial charge in [-0.2, -0.15) is 0 Å². The number of hydrogen-bond donors (Lipinski definition) is 2. The maximum Gasteiger partial charge on any atom is 0.257 e. The Kier molecular flexibility index (Phi) is 4.34. The first kappa shape index (κ1) is 14.2. The zero-order valence-electron chi connectivity index (χ0n) is 9.58. The highest BCUT2D eigenvalue weighted by Gasteiger charge is 2.12. The van der Waals surface area contributed by atoms with Crippen LogP contribution >= 0.6 is 39.1 Å². The van der Waals surface area contributed by atoms with Gasteiger partial charge < -0.3 is 11.1 Å². The average molecular weight is 360 g/mol. The predicted octanol–water partition coefficient (Wildman–Crippen LogP) is 4.59. The van der Waals surface area contributed by atoms with Gasteiger partial charge in [-0.3, -0.25) is 4.79 Å². The highest BCUT2D eigenvalue weighted by Crippen LogP contribution is 2.27. The lowest BCUT2D eigenvalue weighted by Gasteiger charge is -2.09. The Morgan fingerprint density at radius 1 is 1.16 bits per heavy atom. The van der Waals surface area contributed by atoms with E-state index >= 15 is 0 Å². The summed E-state index contributed by atoms with van der Waals surface area (Å²) in [5.74, 6) is -0.347. The summed E-state index contributed by atoms with van der Waals surface area (Å²) in [5, 5.41) is 3.59. The molecule has 3 N–H and O–H groups in total. The van der Waals surface area contributed by atoms with Gasteiger partial charge >= 0.3 is 0 Å². The van der Waals surface area contributed by atoms with Gasteiger partial charge in [-0.05, 0) is 52.3 Å². The lowest BCUT2D eigenvalue weighted by molar-refractivity contribution is 0.102. The number of nitrogens with one attached hydrogen (secondary N) is 1. The van der Waals surface area contributed by atoms with E-state index in [-0.39, 0.29) is 5.91 Å². The molecule has 98 valence electrons. The quantitative estimate of drug-likeness (QED) is 0.770. The summed E-state index contributed by atoms with van der Waals surface area (Å²) in [6.45, 7) is 0. The topological polar surface area (TPSA) is 55.1 Å². The second-order valence-electron chi connectivity index (χ2n) is 3.82. The van der Waals surface area contributed by atoms with Crippen molar-refractivity contribution in [1.29, 1.82) is 0 Å². The minimum absolute atomic E-state index is 0.313. The van der Waals surface area contributed by atoms with Gasteiger partial charge in [-0.25, -0.2) is 0 Å². The molecule has 0 bridgehead atoms. The van der Waals surface area contributed by atoms with Crippen LogP contribution in [-0.2, 0) is 0 Å². The van der Waals surface area contributed by atoms with Crippen molar-refractivity contribution in [3.05, 3.63) is 56.5 Å². The number of carbonyl (C=O) groups excluding carboxylic acids is 1. The van der Waals surface area contributed by atoms with Crippen LogP contribution in [-0.4, -0.2) is 5.91 Å². The number of carbonyl (C=O) groups is 1. The molecule has 1 amide bonds. The number of anilines is 2. The van der Waals surface area contributed by atoms with Crippen LogP contribution in [0.15, 0.2) is 40.9 Å². The molecule has 19 heavy (non-hydrogen) atoms. The fourth-order valence-electron chi connectivity index (χ4n) is 1.50. The van der Waals surface area contributed by atoms with Crippen molar-refractivity contribution in [1.82, 2.24) is 0 Å². The monoisotopic (exact) mass is 358 g/mol. The fraction of sp³-hybridized carbons (Fsp3) is 0. The van der Waals surface area contributed by atoms with Crippen molar-refractivity contribution >= 4 is 56.4 Å². The van der Waals surface area contributed by atoms with Crippen molar-refractivity contribution in [2.24, 2.45) is 0 Å². The third-order valence-corrected chi connectivity index (χ3v) is 3.67. The molecule has 0 aromatic heterocycles. The van der Waals surface area contributed by atoms with E-state index in [2.05, 4.69) is 21.2 Å². The third-order valence-electron chi connectivity index (χ3n) is 2.41. The Morgan fingerprint density at radius 2 is 1.89 bits per heavy atom. The molecule has 0 fully saturated rings. The van der Waals surface area contributed by atoms with Crippen LogP contribution in [0.4, 0.5) is 11.4 Å². The molecular weight excluding hydrogens is 351 g/mol. The van der Waals surface area contributed by atoms with E-state index in [9.17, 15) is 4.79 Å². The first-order valence-electron chi connectivity index (χ1n) is 5.29. The van der Waals surface area contributed by atoms with Crippen molar-refractivity contribution in [2.45, 2.75) is 0 Å². The molecule has 2 aromatic carbocycles. The molecule has 0 unspecified atom stereocenters. The van der Waals surface area contributed by atoms with Gasteiger partial charge in [-0.1, -0.05) is 23.2 Å². The smallest absolute Gasteiger partial charge is 0.257 e. The zero-order chi connectivity index (χ0) is 14.0. The summed E-state index contributed by atoms with van der Waals surface area (Å²) in [4.78, 5) is 12.1. The summed E-state index contributed by atoms with van der Waals surface area (Å²) >= 11 is 15.2. The minimum atomic E-state index is -0.347. The van der Waals surface area contributed by atoms with Gasteiger partial charge in [-0.15, -0.1) is 0 Å². The summed E-state index contributed by atoms with van der Waals surface area (Å²) in [6.07, 6.45) is 0. The maximum atomic E-state index is 12.1. The number of hydrogen-bond acceptors (Lipinski definition) is 2. The van der Waals surface area contributed by atoms with Gasteiger partial charge in [0.25, 0.3) is 5.91 Å². The Balaban J connectivity index is 2.30. The van der Waals surface area contributed by atoms with E-state index in [1.54, 1.807) is 30.3 Å². The van der Waals surface area contributed by atoms with E-state index in [1.165, 1.54) is 6.07 Å². The summed E-state index contributed by atoms with van der Waals surface area (Å²) in [5.41, 5.74) is 6.99. The summed E-state index contributed by atoms with van der Waals surface area (Å²) < 4.78 is 0.727. The largest absolute Gasteiger partial charge is 0.399 e. The van der Waals surface area contributed by atoms with Gasteiger partial charge in [0, 0.05) is 15.2 Å². The zero-order valence-corrected chi connectivity index (χ0v) is 12.7. The van der Waals surface area contributed by atoms with Crippen LogP contribution in [0.3, 0.4) is 0 Å². The normalized spacial score (nSPS) is 10.3. The molecule has 0 radical (unpaired) electrons. The van der Waals surface area contributed by atoms with Crippen LogP contribution in [0.2, 0.25) is 10.0 Å². The number of halogens is 3. The molecule has 0 aliphatic carbocycles. The first-order chi connectivity index (χ1) is 8.97. The molecule has 0 heterocycles. The number of amides is 1. The van der Waals surface area contributed by atoms with Crippen molar-refractivity contribution < 1.29 is 4.79 Å². The van der Waals surface area contributed by atoms with E-state index in [0.29, 0.717) is 27.0 Å². The Bertz CT molecular complexity index is 647. The van der Waals surface area contributed by atoms with Crippen molar-refractivity contribution in [2.75, 3.05) is 11.1 Å². The minimum Gasteiger partial charge on any atom is -0.399 e. The third kappa shape index (κ3) is 3.41. The maximum absolute atomic E-state index is 12.1. The first-order valence-corrected chi connectivity index (χ1v) is 6.83. The Hall–Kier alpha value is -1.23. The van der Waals surface area contributed by atoms with Gasteiger partial charge in [0.1, 0.15) is 0 Å². The lowest BCUT2D eigenvalue weighted by Crippen LogP contribution is -2.13. The van der Waals surface area contributed by atoms with E-state index in [4.69, 9.17) is 28.9 Å². The number of rotatable bonds is 2. The van der Waals surface area contributed by atoms with E-state index in [1.807, 2.05) is 0 Å². The second kappa shape index (κ2) is 5.82. The molecule has 0 aliphatic heterocycles. The molecule has 2 rings (SSSR count). The molecule has 6 heteroatoms. The Labute approximate surface area is 128 Å². The van der Waals surface area contributed by atoms with Crippen LogP contribution < -0.4 is 11.1 Å². The molecule has 0 aliphatic rings. The van der Waals surface area contributed by atoms with Gasteiger partial charge in [0.15, 0.2) is 0 Å². The lowest BCUT2D eigenvalue weighted by atomic mass is 10.2. The van der Waals surface area contributed by atoms with E-state index < -0.39 is 0 Å². The highest BCUT2D eigenvalue weighted by molar-refractivity contribution is 9.10. The molecule has 0 saturated heterocycles. The summed E-state index contributed by atoms with van der Waals surface area (Å²) in [7, 11) is 0. The van der Waals surface area contributed by atoms with Crippen LogP contribution in [0.25, 0.3) is 0 Å². The highest BCUT2D eigenvalue weighted by atomic mass is 79.9. The number of nitrogen functional groups attached to an aromatic ring is 1. The average Bonchev–Trinajstić information content (AvgIpc) is 2.36. The van der Waals surface area contributed by atoms with E-state index in [0.717, 1.165) is 4.47 Å². The molecular formula is C13H9BrCl2N2O. The van der Waals surface area contributed by atoms with Gasteiger partial charge in [0.05, 0.1) is 16.3 Å². The molecule has 2 aromatic rings. The molecule has 3 nitrogen and oxygen atoms in total. The molecule has 0 atom stereocenters. The second-order valence-corrected chi connectivity index (χ2v) is 5.52. The van der Waals surface area contributed by atoms with Crippen molar-refractivity contribution in [3.8, 4) is 0 Å². The summed E-state index contributed by atoms with van der Waals surface area (Å²) in [6, 6.07) is 9.85. The van der Waals surface area contributed by atoms with Gasteiger partial charge in [0.2, 0.25) is 0 Å². The number of benzene rings is 2. The molecule has 0 spiro atoms. The molecule has 0 saturated carbocycles. The number of nitrogens with two attached hydrogens (primary N) is 1. The van der Waals surface area contributed by atoms with Crippen molar-refractivity contribution in [3.63, 3.8) is 0 Å².